The second kappa shape index (κ2) is 4.77. The first-order chi connectivity index (χ1) is 8.69. The molecule has 0 spiro atoms. The van der Waals surface area contributed by atoms with Gasteiger partial charge in [0.05, 0.1) is 5.60 Å². The van der Waals surface area contributed by atoms with E-state index in [1.807, 2.05) is 0 Å². The fraction of sp³-hybridized carbons (Fsp3) is 1.00. The zero-order valence-electron chi connectivity index (χ0n) is 11.5. The zero-order chi connectivity index (χ0) is 12.6. The van der Waals surface area contributed by atoms with Crippen LogP contribution in [0.15, 0.2) is 0 Å². The van der Waals surface area contributed by atoms with E-state index >= 15 is 0 Å². The van der Waals surface area contributed by atoms with Crippen LogP contribution in [-0.2, 0) is 0 Å². The van der Waals surface area contributed by atoms with Crippen molar-refractivity contribution in [2.24, 2.45) is 11.1 Å². The molecule has 3 N–H and O–H groups in total. The number of rotatable bonds is 3. The highest BCUT2D eigenvalue weighted by atomic mass is 16.3. The zero-order valence-corrected chi connectivity index (χ0v) is 11.5. The Kier molecular flexibility index (Phi) is 3.41. The third-order valence-corrected chi connectivity index (χ3v) is 5.78. The molecule has 1 atom stereocenters. The van der Waals surface area contributed by atoms with Crippen molar-refractivity contribution in [1.29, 1.82) is 0 Å². The first-order valence-electron chi connectivity index (χ1n) is 7.86. The summed E-state index contributed by atoms with van der Waals surface area (Å²) in [6.07, 6.45) is 11.1. The van der Waals surface area contributed by atoms with Crippen LogP contribution >= 0.6 is 0 Å². The second-order valence-corrected chi connectivity index (χ2v) is 6.88. The molecule has 0 aromatic heterocycles. The largest absolute Gasteiger partial charge is 0.388 e. The fourth-order valence-electron chi connectivity index (χ4n) is 4.27. The van der Waals surface area contributed by atoms with E-state index in [0.717, 1.165) is 38.4 Å². The summed E-state index contributed by atoms with van der Waals surface area (Å²) >= 11 is 0. The number of nitrogens with zero attached hydrogens (tertiary/aromatic N) is 1. The van der Waals surface area contributed by atoms with Crippen LogP contribution in [-0.4, -0.2) is 41.3 Å². The monoisotopic (exact) mass is 252 g/mol. The van der Waals surface area contributed by atoms with Gasteiger partial charge in [0.2, 0.25) is 0 Å². The molecule has 1 aliphatic heterocycles. The van der Waals surface area contributed by atoms with E-state index in [-0.39, 0.29) is 5.41 Å². The van der Waals surface area contributed by atoms with Crippen LogP contribution in [0.5, 0.6) is 0 Å². The molecule has 104 valence electrons. The van der Waals surface area contributed by atoms with E-state index < -0.39 is 5.60 Å². The van der Waals surface area contributed by atoms with Crippen molar-refractivity contribution < 1.29 is 5.11 Å². The molecule has 3 rings (SSSR count). The van der Waals surface area contributed by atoms with Gasteiger partial charge < -0.3 is 10.8 Å². The number of aliphatic hydroxyl groups is 1. The van der Waals surface area contributed by atoms with Gasteiger partial charge in [-0.05, 0) is 32.1 Å². The minimum Gasteiger partial charge on any atom is -0.388 e. The summed E-state index contributed by atoms with van der Waals surface area (Å²) < 4.78 is 0. The molecule has 2 saturated carbocycles. The molecule has 3 fully saturated rings. The Balaban J connectivity index is 1.76. The molecule has 1 saturated heterocycles. The van der Waals surface area contributed by atoms with Crippen LogP contribution in [0.3, 0.4) is 0 Å². The van der Waals surface area contributed by atoms with Gasteiger partial charge in [-0.3, -0.25) is 4.90 Å². The smallest absolute Gasteiger partial charge is 0.0854 e. The number of nitrogens with two attached hydrogens (primary N) is 1. The molecule has 0 bridgehead atoms. The maximum Gasteiger partial charge on any atom is 0.0854 e. The number of β-amino-alcohol motifs (C(OH)–C–C–N with tert-alkyl or cyclic N) is 1. The summed E-state index contributed by atoms with van der Waals surface area (Å²) in [5.74, 6) is 0. The SMILES string of the molecule is NCC1(C2(O)CCN(C3CC3)C2)CCCCCC1. The Labute approximate surface area is 111 Å². The number of likely N-dealkylation sites (tertiary alicyclic amines) is 1. The van der Waals surface area contributed by atoms with Crippen LogP contribution in [0.25, 0.3) is 0 Å². The van der Waals surface area contributed by atoms with Crippen molar-refractivity contribution in [2.45, 2.75) is 69.4 Å². The van der Waals surface area contributed by atoms with Crippen molar-refractivity contribution in [3.05, 3.63) is 0 Å². The van der Waals surface area contributed by atoms with Crippen molar-refractivity contribution >= 4 is 0 Å². The van der Waals surface area contributed by atoms with E-state index in [1.165, 1.54) is 38.5 Å². The van der Waals surface area contributed by atoms with E-state index in [1.54, 1.807) is 0 Å². The van der Waals surface area contributed by atoms with E-state index in [2.05, 4.69) is 4.90 Å². The average Bonchev–Trinajstić information content (AvgIpc) is 3.18. The molecule has 3 nitrogen and oxygen atoms in total. The molecule has 3 aliphatic rings. The first-order valence-corrected chi connectivity index (χ1v) is 7.86. The van der Waals surface area contributed by atoms with Crippen molar-refractivity contribution in [3.8, 4) is 0 Å². The molecule has 0 aromatic rings. The molecule has 18 heavy (non-hydrogen) atoms. The average molecular weight is 252 g/mol. The van der Waals surface area contributed by atoms with Crippen LogP contribution in [0.4, 0.5) is 0 Å². The molecule has 0 aromatic carbocycles. The molecule has 0 amide bonds. The van der Waals surface area contributed by atoms with Gasteiger partial charge >= 0.3 is 0 Å². The Morgan fingerprint density at radius 1 is 1.06 bits per heavy atom. The van der Waals surface area contributed by atoms with Crippen molar-refractivity contribution in [1.82, 2.24) is 4.90 Å². The second-order valence-electron chi connectivity index (χ2n) is 6.88. The van der Waals surface area contributed by atoms with E-state index in [4.69, 9.17) is 5.73 Å². The molecule has 0 radical (unpaired) electrons. The lowest BCUT2D eigenvalue weighted by atomic mass is 9.66. The van der Waals surface area contributed by atoms with Gasteiger partial charge in [-0.25, -0.2) is 0 Å². The topological polar surface area (TPSA) is 49.5 Å². The van der Waals surface area contributed by atoms with Crippen LogP contribution < -0.4 is 5.73 Å². The number of hydrogen-bond acceptors (Lipinski definition) is 3. The van der Waals surface area contributed by atoms with Gasteiger partial charge in [0.25, 0.3) is 0 Å². The summed E-state index contributed by atoms with van der Waals surface area (Å²) in [6.45, 7) is 2.64. The third kappa shape index (κ3) is 2.10. The van der Waals surface area contributed by atoms with Crippen LogP contribution in [0.2, 0.25) is 0 Å². The molecule has 3 heteroatoms. The Bertz CT molecular complexity index is 295. The first kappa shape index (κ1) is 12.9. The highest BCUT2D eigenvalue weighted by molar-refractivity contribution is 5.07. The van der Waals surface area contributed by atoms with E-state index in [0.29, 0.717) is 6.54 Å². The molecule has 2 aliphatic carbocycles. The minimum atomic E-state index is -0.505. The quantitative estimate of drug-likeness (QED) is 0.754. The minimum absolute atomic E-state index is 0.00708. The maximum atomic E-state index is 11.2. The van der Waals surface area contributed by atoms with Gasteiger partial charge in [-0.2, -0.15) is 0 Å². The third-order valence-electron chi connectivity index (χ3n) is 5.78. The van der Waals surface area contributed by atoms with Gasteiger partial charge in [-0.15, -0.1) is 0 Å². The van der Waals surface area contributed by atoms with E-state index in [9.17, 15) is 5.11 Å². The molecular formula is C15H28N2O. The van der Waals surface area contributed by atoms with Gasteiger partial charge in [-0.1, -0.05) is 25.7 Å². The fourth-order valence-corrected chi connectivity index (χ4v) is 4.27. The van der Waals surface area contributed by atoms with Gasteiger partial charge in [0.1, 0.15) is 0 Å². The van der Waals surface area contributed by atoms with Crippen LogP contribution in [0, 0.1) is 5.41 Å². The predicted molar refractivity (Wildman–Crippen MR) is 73.4 cm³/mol. The normalized spacial score (nSPS) is 37.7. The van der Waals surface area contributed by atoms with Crippen LogP contribution in [0.1, 0.15) is 57.8 Å². The summed E-state index contributed by atoms with van der Waals surface area (Å²) in [7, 11) is 0. The lowest BCUT2D eigenvalue weighted by Gasteiger charge is -2.45. The number of hydrogen-bond donors (Lipinski definition) is 2. The Hall–Kier alpha value is -0.120. The highest BCUT2D eigenvalue weighted by Crippen LogP contribution is 2.48. The Morgan fingerprint density at radius 3 is 2.28 bits per heavy atom. The summed E-state index contributed by atoms with van der Waals surface area (Å²) in [4.78, 5) is 2.52. The molecule has 1 unspecified atom stereocenters. The van der Waals surface area contributed by atoms with Crippen molar-refractivity contribution in [2.75, 3.05) is 19.6 Å². The van der Waals surface area contributed by atoms with Crippen molar-refractivity contribution in [3.63, 3.8) is 0 Å². The molecular weight excluding hydrogens is 224 g/mol. The standard InChI is InChI=1S/C15H28N2O/c16-11-14(7-3-1-2-4-8-14)15(18)9-10-17(12-15)13-5-6-13/h13,18H,1-12,16H2. The summed E-state index contributed by atoms with van der Waals surface area (Å²) in [5, 5.41) is 11.2. The molecule has 1 heterocycles. The predicted octanol–water partition coefficient (Wildman–Crippen LogP) is 1.88. The lowest BCUT2D eigenvalue weighted by Crippen LogP contribution is -2.54. The van der Waals surface area contributed by atoms with Gasteiger partial charge in [0.15, 0.2) is 0 Å². The summed E-state index contributed by atoms with van der Waals surface area (Å²) in [6, 6.07) is 0.777. The maximum absolute atomic E-state index is 11.2. The van der Waals surface area contributed by atoms with Gasteiger partial charge in [0, 0.05) is 31.1 Å². The Morgan fingerprint density at radius 2 is 1.72 bits per heavy atom. The summed E-state index contributed by atoms with van der Waals surface area (Å²) in [5.41, 5.74) is 5.63. The highest BCUT2D eigenvalue weighted by Gasteiger charge is 2.54. The lowest BCUT2D eigenvalue weighted by molar-refractivity contribution is -0.0805.